The number of benzene rings is 2. The third-order valence-electron chi connectivity index (χ3n) is 5.11. The zero-order valence-corrected chi connectivity index (χ0v) is 17.0. The van der Waals surface area contributed by atoms with E-state index in [0.717, 1.165) is 52.0 Å². The molecule has 146 valence electrons. The van der Waals surface area contributed by atoms with Crippen LogP contribution in [0, 0.1) is 6.92 Å². The monoisotopic (exact) mass is 397 g/mol. The van der Waals surface area contributed by atoms with Crippen LogP contribution in [-0.4, -0.2) is 33.3 Å². The Morgan fingerprint density at radius 1 is 1.18 bits per heavy atom. The molecule has 0 fully saturated rings. The first-order chi connectivity index (χ1) is 13.4. The third-order valence-corrected chi connectivity index (χ3v) is 5.70. The summed E-state index contributed by atoms with van der Waals surface area (Å²) in [5.41, 5.74) is 5.98. The number of rotatable bonds is 4. The molecule has 2 heterocycles. The van der Waals surface area contributed by atoms with Gasteiger partial charge in [-0.1, -0.05) is 24.3 Å². The molecule has 0 saturated carbocycles. The highest BCUT2D eigenvalue weighted by Crippen LogP contribution is 2.37. The number of nitrogens with one attached hydrogen (secondary N) is 1. The summed E-state index contributed by atoms with van der Waals surface area (Å²) in [7, 11) is -1.65. The maximum absolute atomic E-state index is 11.7. The van der Waals surface area contributed by atoms with Gasteiger partial charge in [-0.15, -0.1) is 0 Å². The molecule has 1 N–H and O–H groups in total. The highest BCUT2D eigenvalue weighted by atomic mass is 32.2. The van der Waals surface area contributed by atoms with Crippen LogP contribution in [0.3, 0.4) is 0 Å². The predicted molar refractivity (Wildman–Crippen MR) is 113 cm³/mol. The van der Waals surface area contributed by atoms with E-state index >= 15 is 0 Å². The van der Waals surface area contributed by atoms with Gasteiger partial charge in [0.1, 0.15) is 11.3 Å². The van der Waals surface area contributed by atoms with Crippen molar-refractivity contribution in [1.82, 2.24) is 4.98 Å². The number of aryl methyl sites for hydroxylation is 1. The van der Waals surface area contributed by atoms with E-state index in [1.54, 1.807) is 7.11 Å². The zero-order valence-electron chi connectivity index (χ0n) is 16.2. The number of methoxy groups -OCH3 is 1. The van der Waals surface area contributed by atoms with Gasteiger partial charge in [-0.05, 0) is 42.2 Å². The summed E-state index contributed by atoms with van der Waals surface area (Å²) in [6.07, 6.45) is 3.83. The van der Waals surface area contributed by atoms with Gasteiger partial charge in [0.25, 0.3) is 0 Å². The van der Waals surface area contributed by atoms with E-state index < -0.39 is 10.0 Å². The first-order valence-corrected chi connectivity index (χ1v) is 11.0. The van der Waals surface area contributed by atoms with Gasteiger partial charge in [0.15, 0.2) is 0 Å². The molecule has 6 nitrogen and oxygen atoms in total. The topological polar surface area (TPSA) is 71.5 Å². The highest BCUT2D eigenvalue weighted by Gasteiger charge is 2.23. The maximum Gasteiger partial charge on any atom is 0.229 e. The van der Waals surface area contributed by atoms with Crippen LogP contribution < -0.4 is 14.4 Å². The van der Waals surface area contributed by atoms with E-state index in [-0.39, 0.29) is 0 Å². The number of pyridine rings is 1. The fourth-order valence-electron chi connectivity index (χ4n) is 3.96. The number of nitrogens with zero attached hydrogens (tertiary/aromatic N) is 2. The van der Waals surface area contributed by atoms with E-state index in [2.05, 4.69) is 33.7 Å². The normalized spacial score (nSPS) is 14.0. The van der Waals surface area contributed by atoms with Crippen molar-refractivity contribution in [2.24, 2.45) is 0 Å². The van der Waals surface area contributed by atoms with Crippen LogP contribution in [0.4, 0.5) is 11.4 Å². The summed E-state index contributed by atoms with van der Waals surface area (Å²) in [5.74, 6) is 0.760. The summed E-state index contributed by atoms with van der Waals surface area (Å²) in [6, 6.07) is 11.8. The van der Waals surface area contributed by atoms with E-state index in [1.807, 2.05) is 30.5 Å². The van der Waals surface area contributed by atoms with Gasteiger partial charge in [-0.2, -0.15) is 0 Å². The molecule has 1 aliphatic rings. The Labute approximate surface area is 165 Å². The second-order valence-electron chi connectivity index (χ2n) is 7.14. The minimum Gasteiger partial charge on any atom is -0.494 e. The summed E-state index contributed by atoms with van der Waals surface area (Å²) in [4.78, 5) is 6.92. The van der Waals surface area contributed by atoms with E-state index in [0.29, 0.717) is 12.2 Å². The molecule has 0 aliphatic carbocycles. The van der Waals surface area contributed by atoms with Crippen LogP contribution in [-0.2, 0) is 23.0 Å². The number of fused-ring (bicyclic) bond motifs is 2. The number of sulfonamides is 1. The van der Waals surface area contributed by atoms with Gasteiger partial charge < -0.3 is 9.64 Å². The van der Waals surface area contributed by atoms with Crippen molar-refractivity contribution >= 4 is 32.3 Å². The van der Waals surface area contributed by atoms with Gasteiger partial charge in [0.05, 0.1) is 24.7 Å². The van der Waals surface area contributed by atoms with Crippen LogP contribution in [0.25, 0.3) is 10.9 Å². The maximum atomic E-state index is 11.7. The van der Waals surface area contributed by atoms with Crippen molar-refractivity contribution in [1.29, 1.82) is 0 Å². The van der Waals surface area contributed by atoms with Crippen molar-refractivity contribution in [2.75, 3.05) is 29.5 Å². The van der Waals surface area contributed by atoms with Crippen LogP contribution >= 0.6 is 0 Å². The van der Waals surface area contributed by atoms with Crippen molar-refractivity contribution in [3.8, 4) is 5.75 Å². The molecule has 1 aliphatic heterocycles. The molecule has 0 radical (unpaired) electrons. The SMILES string of the molecule is COc1cccc2c(N3CCc4c(cccc4NS(C)(=O)=O)C3)c(C)cnc12. The van der Waals surface area contributed by atoms with Crippen molar-refractivity contribution < 1.29 is 13.2 Å². The number of aromatic nitrogens is 1. The molecule has 0 atom stereocenters. The zero-order chi connectivity index (χ0) is 19.9. The largest absolute Gasteiger partial charge is 0.494 e. The number of hydrogen-bond acceptors (Lipinski definition) is 5. The molecule has 28 heavy (non-hydrogen) atoms. The predicted octanol–water partition coefficient (Wildman–Crippen LogP) is 3.49. The van der Waals surface area contributed by atoms with Gasteiger partial charge >= 0.3 is 0 Å². The minimum absolute atomic E-state index is 0.678. The highest BCUT2D eigenvalue weighted by molar-refractivity contribution is 7.92. The molecule has 3 aromatic rings. The lowest BCUT2D eigenvalue weighted by molar-refractivity contribution is 0.419. The van der Waals surface area contributed by atoms with E-state index in [9.17, 15) is 8.42 Å². The van der Waals surface area contributed by atoms with Crippen molar-refractivity contribution in [3.63, 3.8) is 0 Å². The fourth-order valence-corrected chi connectivity index (χ4v) is 4.55. The molecule has 4 rings (SSSR count). The van der Waals surface area contributed by atoms with Gasteiger partial charge in [0.2, 0.25) is 10.0 Å². The van der Waals surface area contributed by atoms with Crippen molar-refractivity contribution in [2.45, 2.75) is 19.9 Å². The van der Waals surface area contributed by atoms with Crippen LogP contribution in [0.15, 0.2) is 42.6 Å². The second kappa shape index (κ2) is 6.98. The number of para-hydroxylation sites is 1. The smallest absolute Gasteiger partial charge is 0.229 e. The first-order valence-electron chi connectivity index (χ1n) is 9.13. The Bertz CT molecular complexity index is 1160. The third kappa shape index (κ3) is 3.38. The van der Waals surface area contributed by atoms with Gasteiger partial charge in [0, 0.05) is 24.7 Å². The standard InChI is InChI=1S/C21H23N3O3S/c1-14-12-22-20-17(7-5-9-19(20)27-2)21(14)24-11-10-16-15(13-24)6-4-8-18(16)23-28(3,25)26/h4-9,12,23H,10-11,13H2,1-3H3. The van der Waals surface area contributed by atoms with Crippen LogP contribution in [0.5, 0.6) is 5.75 Å². The molecule has 2 aromatic carbocycles. The molecule has 0 bridgehead atoms. The Morgan fingerprint density at radius 2 is 1.96 bits per heavy atom. The fraction of sp³-hybridized carbons (Fsp3) is 0.286. The Hall–Kier alpha value is -2.80. The van der Waals surface area contributed by atoms with E-state index in [4.69, 9.17) is 4.74 Å². The minimum atomic E-state index is -3.31. The summed E-state index contributed by atoms with van der Waals surface area (Å²) >= 11 is 0. The molecule has 0 unspecified atom stereocenters. The summed E-state index contributed by atoms with van der Waals surface area (Å²) in [5, 5.41) is 1.06. The molecule has 0 spiro atoms. The quantitative estimate of drug-likeness (QED) is 0.730. The molecule has 7 heteroatoms. The number of hydrogen-bond donors (Lipinski definition) is 1. The molecule has 0 saturated heterocycles. The number of anilines is 2. The Morgan fingerprint density at radius 3 is 2.71 bits per heavy atom. The lowest BCUT2D eigenvalue weighted by Gasteiger charge is -2.33. The molecule has 0 amide bonds. The lowest BCUT2D eigenvalue weighted by atomic mass is 9.96. The lowest BCUT2D eigenvalue weighted by Crippen LogP contribution is -2.32. The molecule has 1 aromatic heterocycles. The van der Waals surface area contributed by atoms with Gasteiger partial charge in [-0.25, -0.2) is 8.42 Å². The average molecular weight is 398 g/mol. The first kappa shape index (κ1) is 18.6. The number of ether oxygens (including phenoxy) is 1. The van der Waals surface area contributed by atoms with E-state index in [1.165, 1.54) is 6.26 Å². The second-order valence-corrected chi connectivity index (χ2v) is 8.88. The summed E-state index contributed by atoms with van der Waals surface area (Å²) in [6.45, 7) is 3.58. The van der Waals surface area contributed by atoms with Gasteiger partial charge in [-0.3, -0.25) is 9.71 Å². The average Bonchev–Trinajstić information content (AvgIpc) is 2.66. The summed E-state index contributed by atoms with van der Waals surface area (Å²) < 4.78 is 31.5. The van der Waals surface area contributed by atoms with Crippen LogP contribution in [0.1, 0.15) is 16.7 Å². The van der Waals surface area contributed by atoms with Crippen molar-refractivity contribution in [3.05, 3.63) is 59.3 Å². The Balaban J connectivity index is 1.77. The van der Waals surface area contributed by atoms with Crippen LogP contribution in [0.2, 0.25) is 0 Å². The Kier molecular flexibility index (Phi) is 4.63. The molecular weight excluding hydrogens is 374 g/mol. The molecular formula is C21H23N3O3S.